The Bertz CT molecular complexity index is 1080. The number of alkyl halides is 3. The van der Waals surface area contributed by atoms with Gasteiger partial charge in [0.1, 0.15) is 6.54 Å². The van der Waals surface area contributed by atoms with E-state index in [1.54, 1.807) is 24.4 Å². The predicted octanol–water partition coefficient (Wildman–Crippen LogP) is 5.38. The zero-order valence-electron chi connectivity index (χ0n) is 14.2. The molecule has 1 aliphatic rings. The molecule has 1 amide bonds. The second-order valence-electron chi connectivity index (χ2n) is 6.52. The van der Waals surface area contributed by atoms with Gasteiger partial charge in [-0.2, -0.15) is 18.3 Å². The normalized spacial score (nSPS) is 14.5. The van der Waals surface area contributed by atoms with Gasteiger partial charge in [-0.25, -0.2) is 0 Å². The molecule has 3 aromatic rings. The monoisotopic (exact) mass is 472 g/mol. The minimum atomic E-state index is -4.67. The van der Waals surface area contributed by atoms with Crippen LogP contribution in [0.2, 0.25) is 5.02 Å². The average Bonchev–Trinajstić information content (AvgIpc) is 3.41. The fraction of sp³-hybridized carbons (Fsp3) is 0.278. The van der Waals surface area contributed by atoms with Crippen molar-refractivity contribution in [3.63, 3.8) is 0 Å². The van der Waals surface area contributed by atoms with E-state index < -0.39 is 22.8 Å². The number of hydrogen-bond acceptors (Lipinski definition) is 3. The average molecular weight is 474 g/mol. The summed E-state index contributed by atoms with van der Waals surface area (Å²) in [5.74, 6) is -0.608. The lowest BCUT2D eigenvalue weighted by Crippen LogP contribution is -2.21. The predicted molar refractivity (Wildman–Crippen MR) is 102 cm³/mol. The van der Waals surface area contributed by atoms with Gasteiger partial charge in [-0.15, -0.1) is 0 Å². The SMILES string of the molecule is O=C(Cn1nc(C(F)(F)F)c(Cl)c1C1CC1)Nc1ccc(Br)c2cccnc12. The van der Waals surface area contributed by atoms with E-state index in [0.717, 1.165) is 27.4 Å². The Kier molecular flexibility index (Phi) is 4.83. The molecule has 1 N–H and O–H groups in total. The molecule has 1 aromatic carbocycles. The Hall–Kier alpha value is -2.13. The van der Waals surface area contributed by atoms with Crippen LogP contribution in [0.15, 0.2) is 34.9 Å². The van der Waals surface area contributed by atoms with Crippen LogP contribution in [0, 0.1) is 0 Å². The van der Waals surface area contributed by atoms with Crippen LogP contribution in [0.3, 0.4) is 0 Å². The van der Waals surface area contributed by atoms with Crippen molar-refractivity contribution in [3.8, 4) is 0 Å². The molecule has 28 heavy (non-hydrogen) atoms. The maximum atomic E-state index is 13.1. The van der Waals surface area contributed by atoms with Crippen LogP contribution < -0.4 is 5.32 Å². The third-order valence-corrected chi connectivity index (χ3v) is 5.51. The zero-order chi connectivity index (χ0) is 20.1. The van der Waals surface area contributed by atoms with Crippen molar-refractivity contribution in [1.29, 1.82) is 0 Å². The summed E-state index contributed by atoms with van der Waals surface area (Å²) in [6, 6.07) is 7.05. The summed E-state index contributed by atoms with van der Waals surface area (Å²) >= 11 is 9.36. The highest BCUT2D eigenvalue weighted by Gasteiger charge is 2.42. The number of nitrogens with one attached hydrogen (secondary N) is 1. The van der Waals surface area contributed by atoms with Gasteiger partial charge in [0.15, 0.2) is 5.69 Å². The molecular weight excluding hydrogens is 461 g/mol. The van der Waals surface area contributed by atoms with Crippen molar-refractivity contribution >= 4 is 50.0 Å². The molecule has 0 bridgehead atoms. The van der Waals surface area contributed by atoms with Crippen molar-refractivity contribution in [2.45, 2.75) is 31.5 Å². The van der Waals surface area contributed by atoms with Gasteiger partial charge >= 0.3 is 6.18 Å². The first-order valence-corrected chi connectivity index (χ1v) is 9.59. The molecule has 2 heterocycles. The molecule has 5 nitrogen and oxygen atoms in total. The van der Waals surface area contributed by atoms with Crippen LogP contribution in [0.25, 0.3) is 10.9 Å². The Balaban J connectivity index is 1.63. The number of fused-ring (bicyclic) bond motifs is 1. The Labute approximate surface area is 171 Å². The van der Waals surface area contributed by atoms with Crippen molar-refractivity contribution < 1.29 is 18.0 Å². The number of carbonyl (C=O) groups is 1. The van der Waals surface area contributed by atoms with E-state index in [9.17, 15) is 18.0 Å². The summed E-state index contributed by atoms with van der Waals surface area (Å²) in [5, 5.41) is 6.67. The maximum Gasteiger partial charge on any atom is 0.436 e. The van der Waals surface area contributed by atoms with Crippen LogP contribution in [0.1, 0.15) is 30.1 Å². The first-order valence-electron chi connectivity index (χ1n) is 8.42. The molecule has 2 aromatic heterocycles. The van der Waals surface area contributed by atoms with Crippen molar-refractivity contribution in [3.05, 3.63) is 51.3 Å². The molecule has 1 fully saturated rings. The molecular formula is C18H13BrClF3N4O. The third-order valence-electron chi connectivity index (χ3n) is 4.45. The van der Waals surface area contributed by atoms with Crippen LogP contribution in [-0.2, 0) is 17.5 Å². The van der Waals surface area contributed by atoms with Crippen molar-refractivity contribution in [2.24, 2.45) is 0 Å². The van der Waals surface area contributed by atoms with E-state index in [2.05, 4.69) is 31.3 Å². The third kappa shape index (κ3) is 3.60. The Morgan fingerprint density at radius 2 is 2.07 bits per heavy atom. The molecule has 1 aliphatic carbocycles. The topological polar surface area (TPSA) is 59.8 Å². The number of nitrogens with zero attached hydrogens (tertiary/aromatic N) is 3. The molecule has 0 atom stereocenters. The summed E-state index contributed by atoms with van der Waals surface area (Å²) in [4.78, 5) is 16.8. The first kappa shape index (κ1) is 19.2. The number of benzene rings is 1. The minimum Gasteiger partial charge on any atom is -0.323 e. The lowest BCUT2D eigenvalue weighted by molar-refractivity contribution is -0.141. The number of aromatic nitrogens is 3. The van der Waals surface area contributed by atoms with Crippen molar-refractivity contribution in [2.75, 3.05) is 5.32 Å². The van der Waals surface area contributed by atoms with Gasteiger partial charge < -0.3 is 5.32 Å². The Morgan fingerprint density at radius 1 is 1.32 bits per heavy atom. The minimum absolute atomic E-state index is 0.0981. The maximum absolute atomic E-state index is 13.1. The summed E-state index contributed by atoms with van der Waals surface area (Å²) < 4.78 is 41.3. The van der Waals surface area contributed by atoms with Crippen LogP contribution in [-0.4, -0.2) is 20.7 Å². The molecule has 0 unspecified atom stereocenters. The quantitative estimate of drug-likeness (QED) is 0.553. The van der Waals surface area contributed by atoms with Crippen LogP contribution >= 0.6 is 27.5 Å². The second kappa shape index (κ2) is 7.04. The highest BCUT2D eigenvalue weighted by molar-refractivity contribution is 9.10. The van der Waals surface area contributed by atoms with Gasteiger partial charge in [-0.3, -0.25) is 14.5 Å². The van der Waals surface area contributed by atoms with Gasteiger partial charge in [0.25, 0.3) is 0 Å². The molecule has 0 saturated heterocycles. The number of amides is 1. The van der Waals surface area contributed by atoms with Gasteiger partial charge in [-0.05, 0) is 31.0 Å². The number of hydrogen-bond donors (Lipinski definition) is 1. The molecule has 10 heteroatoms. The number of carbonyl (C=O) groups excluding carboxylic acids is 1. The van der Waals surface area contributed by atoms with E-state index in [1.165, 1.54) is 0 Å². The van der Waals surface area contributed by atoms with Gasteiger partial charge in [0, 0.05) is 22.0 Å². The molecule has 0 radical (unpaired) electrons. The van der Waals surface area contributed by atoms with Crippen LogP contribution in [0.5, 0.6) is 0 Å². The fourth-order valence-electron chi connectivity index (χ4n) is 3.07. The summed E-state index contributed by atoms with van der Waals surface area (Å²) in [5.41, 5.74) is 0.149. The van der Waals surface area contributed by atoms with Gasteiger partial charge in [0.2, 0.25) is 5.91 Å². The molecule has 146 valence electrons. The Morgan fingerprint density at radius 3 is 2.75 bits per heavy atom. The van der Waals surface area contributed by atoms with E-state index in [4.69, 9.17) is 11.6 Å². The molecule has 0 spiro atoms. The summed E-state index contributed by atoms with van der Waals surface area (Å²) in [6.45, 7) is -0.369. The highest BCUT2D eigenvalue weighted by Crippen LogP contribution is 2.46. The fourth-order valence-corrected chi connectivity index (χ4v) is 3.91. The number of anilines is 1. The van der Waals surface area contributed by atoms with E-state index in [-0.39, 0.29) is 18.2 Å². The molecule has 0 aliphatic heterocycles. The smallest absolute Gasteiger partial charge is 0.323 e. The zero-order valence-corrected chi connectivity index (χ0v) is 16.6. The lowest BCUT2D eigenvalue weighted by atomic mass is 10.2. The second-order valence-corrected chi connectivity index (χ2v) is 7.75. The summed E-state index contributed by atoms with van der Waals surface area (Å²) in [6.07, 6.45) is -1.62. The highest BCUT2D eigenvalue weighted by atomic mass is 79.9. The van der Waals surface area contributed by atoms with Gasteiger partial charge in [0.05, 0.1) is 21.9 Å². The van der Waals surface area contributed by atoms with Crippen molar-refractivity contribution in [1.82, 2.24) is 14.8 Å². The van der Waals surface area contributed by atoms with E-state index in [1.807, 2.05) is 6.07 Å². The largest absolute Gasteiger partial charge is 0.436 e. The lowest BCUT2D eigenvalue weighted by Gasteiger charge is -2.11. The molecule has 1 saturated carbocycles. The van der Waals surface area contributed by atoms with E-state index in [0.29, 0.717) is 11.2 Å². The first-order chi connectivity index (χ1) is 13.3. The number of rotatable bonds is 4. The van der Waals surface area contributed by atoms with Gasteiger partial charge in [-0.1, -0.05) is 33.6 Å². The number of halogens is 5. The summed E-state index contributed by atoms with van der Waals surface area (Å²) in [7, 11) is 0. The van der Waals surface area contributed by atoms with Crippen LogP contribution in [0.4, 0.5) is 18.9 Å². The standard InChI is InChI=1S/C18H13BrClF3N4O/c19-11-5-6-12(15-10(11)2-1-7-24-15)25-13(28)8-27-16(9-3-4-9)14(20)17(26-27)18(21,22)23/h1-2,5-7,9H,3-4,8H2,(H,25,28). The number of pyridine rings is 1. The van der Waals surface area contributed by atoms with E-state index >= 15 is 0 Å². The molecule has 4 rings (SSSR count).